The zero-order valence-corrected chi connectivity index (χ0v) is 10.3. The fourth-order valence-corrected chi connectivity index (χ4v) is 2.28. The van der Waals surface area contributed by atoms with Crippen molar-refractivity contribution in [3.63, 3.8) is 0 Å². The summed E-state index contributed by atoms with van der Waals surface area (Å²) in [6, 6.07) is 4.70. The van der Waals surface area contributed by atoms with Gasteiger partial charge in [0.05, 0.1) is 23.8 Å². The van der Waals surface area contributed by atoms with Crippen molar-refractivity contribution in [3.8, 4) is 0 Å². The van der Waals surface area contributed by atoms with Crippen LogP contribution in [0.1, 0.15) is 31.1 Å². The van der Waals surface area contributed by atoms with E-state index in [9.17, 15) is 19.2 Å². The number of aromatic nitrogens is 1. The molecule has 3 rings (SSSR count). The summed E-state index contributed by atoms with van der Waals surface area (Å²) in [5.41, 5.74) is -1.08. The molecule has 3 heterocycles. The molecule has 0 radical (unpaired) electrons. The van der Waals surface area contributed by atoms with Crippen molar-refractivity contribution in [2.75, 3.05) is 7.11 Å². The van der Waals surface area contributed by atoms with Gasteiger partial charge in [-0.2, -0.15) is 0 Å². The second-order valence-corrected chi connectivity index (χ2v) is 4.16. The molecule has 0 fully saturated rings. The van der Waals surface area contributed by atoms with E-state index in [4.69, 9.17) is 0 Å². The van der Waals surface area contributed by atoms with Crippen LogP contribution in [0, 0.1) is 0 Å². The van der Waals surface area contributed by atoms with Crippen LogP contribution in [-0.2, 0) is 4.74 Å². The van der Waals surface area contributed by atoms with Crippen molar-refractivity contribution < 1.29 is 19.1 Å². The van der Waals surface area contributed by atoms with Crippen LogP contribution < -0.4 is 10.9 Å². The molecule has 0 spiro atoms. The van der Waals surface area contributed by atoms with Crippen molar-refractivity contribution in [2.45, 2.75) is 0 Å². The Kier molecular flexibility index (Phi) is 2.43. The van der Waals surface area contributed by atoms with Crippen LogP contribution in [0.5, 0.6) is 0 Å². The van der Waals surface area contributed by atoms with Gasteiger partial charge in [0.1, 0.15) is 5.56 Å². The topological polar surface area (TPSA) is 93.9 Å². The lowest BCUT2D eigenvalue weighted by Crippen LogP contribution is -2.25. The van der Waals surface area contributed by atoms with Gasteiger partial charge in [-0.15, -0.1) is 0 Å². The Morgan fingerprint density at radius 3 is 2.55 bits per heavy atom. The zero-order valence-electron chi connectivity index (χ0n) is 10.3. The van der Waals surface area contributed by atoms with Crippen molar-refractivity contribution in [3.05, 3.63) is 51.4 Å². The van der Waals surface area contributed by atoms with E-state index in [0.717, 1.165) is 11.5 Å². The minimum Gasteiger partial charge on any atom is -0.465 e. The summed E-state index contributed by atoms with van der Waals surface area (Å²) in [4.78, 5) is 47.7. The summed E-state index contributed by atoms with van der Waals surface area (Å²) in [5.74, 6) is -2.36. The summed E-state index contributed by atoms with van der Waals surface area (Å²) >= 11 is 0. The number of fused-ring (bicyclic) bond motifs is 2. The van der Waals surface area contributed by atoms with Gasteiger partial charge in [-0.3, -0.25) is 24.1 Å². The number of methoxy groups -OCH3 is 1. The van der Waals surface area contributed by atoms with Gasteiger partial charge < -0.3 is 4.74 Å². The maximum Gasteiger partial charge on any atom is 0.340 e. The number of nitrogens with one attached hydrogen (secondary N) is 1. The highest BCUT2D eigenvalue weighted by atomic mass is 16.5. The Hall–Kier alpha value is -2.96. The number of carbonyl (C=O) groups is 3. The minimum atomic E-state index is -0.807. The van der Waals surface area contributed by atoms with Crippen LogP contribution in [0.25, 0.3) is 5.52 Å². The average molecular weight is 272 g/mol. The number of ether oxygens (including phenoxy) is 1. The van der Waals surface area contributed by atoms with Crippen LogP contribution in [0.15, 0.2) is 29.2 Å². The van der Waals surface area contributed by atoms with E-state index in [1.54, 1.807) is 12.1 Å². The van der Waals surface area contributed by atoms with Crippen LogP contribution in [-0.4, -0.2) is 29.3 Å². The molecule has 1 aliphatic heterocycles. The number of hydrogen-bond acceptors (Lipinski definition) is 5. The summed E-state index contributed by atoms with van der Waals surface area (Å²) < 4.78 is 5.79. The normalized spacial score (nSPS) is 13.2. The fraction of sp³-hybridized carbons (Fsp3) is 0.0769. The van der Waals surface area contributed by atoms with E-state index in [0.29, 0.717) is 0 Å². The molecular weight excluding hydrogens is 264 g/mol. The highest BCUT2D eigenvalue weighted by Gasteiger charge is 2.36. The molecule has 1 N–H and O–H groups in total. The van der Waals surface area contributed by atoms with Gasteiger partial charge in [0.15, 0.2) is 0 Å². The third-order valence-electron chi connectivity index (χ3n) is 3.12. The van der Waals surface area contributed by atoms with Gasteiger partial charge in [0, 0.05) is 6.20 Å². The second kappa shape index (κ2) is 4.02. The lowest BCUT2D eigenvalue weighted by molar-refractivity contribution is 0.0598. The van der Waals surface area contributed by atoms with Crippen LogP contribution in [0.3, 0.4) is 0 Å². The van der Waals surface area contributed by atoms with Crippen molar-refractivity contribution in [1.29, 1.82) is 0 Å². The third kappa shape index (κ3) is 1.40. The number of rotatable bonds is 1. The molecule has 2 aromatic rings. The SMILES string of the molecule is COC(=O)c1c2c(c(=O)n3ccccc13)C(=O)NC2=O. The number of hydrogen-bond donors (Lipinski definition) is 1. The van der Waals surface area contributed by atoms with Gasteiger partial charge in [-0.25, -0.2) is 4.79 Å². The molecule has 0 aliphatic carbocycles. The Bertz CT molecular complexity index is 850. The Balaban J connectivity index is 2.60. The number of nitrogens with zero attached hydrogens (tertiary/aromatic N) is 1. The third-order valence-corrected chi connectivity index (χ3v) is 3.12. The van der Waals surface area contributed by atoms with E-state index in [-0.39, 0.29) is 22.2 Å². The van der Waals surface area contributed by atoms with Gasteiger partial charge in [-0.1, -0.05) is 6.07 Å². The number of esters is 1. The van der Waals surface area contributed by atoms with Gasteiger partial charge in [0.2, 0.25) is 0 Å². The lowest BCUT2D eigenvalue weighted by Gasteiger charge is -2.09. The quantitative estimate of drug-likeness (QED) is 0.581. The first-order chi connectivity index (χ1) is 9.56. The molecular formula is C13H8N2O5. The molecule has 0 aromatic carbocycles. The molecule has 7 heteroatoms. The maximum atomic E-state index is 12.2. The van der Waals surface area contributed by atoms with Gasteiger partial charge in [-0.05, 0) is 12.1 Å². The summed E-state index contributed by atoms with van der Waals surface area (Å²) in [6.07, 6.45) is 1.42. The maximum absolute atomic E-state index is 12.2. The van der Waals surface area contributed by atoms with Crippen molar-refractivity contribution >= 4 is 23.3 Å². The Morgan fingerprint density at radius 2 is 1.85 bits per heavy atom. The van der Waals surface area contributed by atoms with Crippen molar-refractivity contribution in [1.82, 2.24) is 9.72 Å². The van der Waals surface area contributed by atoms with E-state index in [2.05, 4.69) is 4.74 Å². The van der Waals surface area contributed by atoms with Crippen LogP contribution >= 0.6 is 0 Å². The first-order valence-corrected chi connectivity index (χ1v) is 5.67. The molecule has 0 bridgehead atoms. The van der Waals surface area contributed by atoms with Gasteiger partial charge >= 0.3 is 5.97 Å². The van der Waals surface area contributed by atoms with E-state index in [1.165, 1.54) is 12.3 Å². The summed E-state index contributed by atoms with van der Waals surface area (Å²) in [5, 5.41) is 2.02. The fourth-order valence-electron chi connectivity index (χ4n) is 2.28. The summed E-state index contributed by atoms with van der Waals surface area (Å²) in [7, 11) is 1.16. The van der Waals surface area contributed by atoms with E-state index < -0.39 is 23.3 Å². The first-order valence-electron chi connectivity index (χ1n) is 5.67. The number of carbonyl (C=O) groups excluding carboxylic acids is 3. The first kappa shape index (κ1) is 12.1. The standard InChI is InChI=1S/C13H8N2O5/c1-20-13(19)7-6-4-2-3-5-15(6)12(18)9-8(7)10(16)14-11(9)17/h2-5H,1H3,(H,14,16,17). The van der Waals surface area contributed by atoms with E-state index >= 15 is 0 Å². The molecule has 0 atom stereocenters. The monoisotopic (exact) mass is 272 g/mol. The highest BCUT2D eigenvalue weighted by Crippen LogP contribution is 2.22. The predicted octanol–water partition coefficient (Wildman–Crippen LogP) is -0.0303. The second-order valence-electron chi connectivity index (χ2n) is 4.16. The predicted molar refractivity (Wildman–Crippen MR) is 66.8 cm³/mol. The van der Waals surface area contributed by atoms with E-state index in [1.807, 2.05) is 5.32 Å². The zero-order chi connectivity index (χ0) is 14.4. The number of imide groups is 1. The molecule has 1 aliphatic rings. The van der Waals surface area contributed by atoms with Crippen molar-refractivity contribution in [2.24, 2.45) is 0 Å². The Morgan fingerprint density at radius 1 is 1.15 bits per heavy atom. The number of pyridine rings is 2. The number of amides is 2. The molecule has 2 amide bonds. The molecule has 0 saturated carbocycles. The Labute approximate surface area is 111 Å². The molecule has 100 valence electrons. The summed E-state index contributed by atoms with van der Waals surface area (Å²) in [6.45, 7) is 0. The van der Waals surface area contributed by atoms with Crippen LogP contribution in [0.4, 0.5) is 0 Å². The smallest absolute Gasteiger partial charge is 0.340 e. The molecule has 0 saturated heterocycles. The van der Waals surface area contributed by atoms with Crippen LogP contribution in [0.2, 0.25) is 0 Å². The lowest BCUT2D eigenvalue weighted by atomic mass is 10.0. The molecule has 7 nitrogen and oxygen atoms in total. The largest absolute Gasteiger partial charge is 0.465 e. The minimum absolute atomic E-state index is 0.0916. The van der Waals surface area contributed by atoms with Gasteiger partial charge in [0.25, 0.3) is 17.4 Å². The molecule has 0 unspecified atom stereocenters. The molecule has 20 heavy (non-hydrogen) atoms. The highest BCUT2D eigenvalue weighted by molar-refractivity contribution is 6.25. The average Bonchev–Trinajstić information content (AvgIpc) is 2.74. The molecule has 2 aromatic heterocycles.